The van der Waals surface area contributed by atoms with Crippen LogP contribution < -0.4 is 5.32 Å². The van der Waals surface area contributed by atoms with E-state index in [1.54, 1.807) is 24.4 Å². The van der Waals surface area contributed by atoms with Crippen LogP contribution in [0.15, 0.2) is 59.1 Å². The quantitative estimate of drug-likeness (QED) is 0.549. The van der Waals surface area contributed by atoms with Crippen molar-refractivity contribution < 1.29 is 14.3 Å². The molecule has 0 unspecified atom stereocenters. The molecule has 0 atom stereocenters. The minimum Gasteiger partial charge on any atom is -0.481 e. The molecule has 152 valence electrons. The number of aliphatic carboxylic acids is 1. The van der Waals surface area contributed by atoms with Gasteiger partial charge in [0, 0.05) is 17.7 Å². The number of carboxylic acids is 1. The van der Waals surface area contributed by atoms with Crippen LogP contribution in [-0.2, 0) is 4.79 Å². The van der Waals surface area contributed by atoms with Gasteiger partial charge in [-0.3, -0.25) is 4.79 Å². The fraction of sp³-hybridized carbons (Fsp3) is 0.292. The highest BCUT2D eigenvalue weighted by molar-refractivity contribution is 5.67. The Hall–Kier alpha value is -3.59. The first-order chi connectivity index (χ1) is 14.6. The number of hydrogen-bond donors (Lipinski definition) is 2. The normalized spacial score (nSPS) is 18.5. The zero-order valence-corrected chi connectivity index (χ0v) is 16.5. The Morgan fingerprint density at radius 1 is 1.17 bits per heavy atom. The van der Waals surface area contributed by atoms with Crippen LogP contribution in [0.5, 0.6) is 0 Å². The van der Waals surface area contributed by atoms with Crippen LogP contribution in [0.25, 0.3) is 11.3 Å². The zero-order valence-electron chi connectivity index (χ0n) is 16.5. The van der Waals surface area contributed by atoms with Crippen molar-refractivity contribution in [2.45, 2.75) is 38.0 Å². The summed E-state index contributed by atoms with van der Waals surface area (Å²) >= 11 is 0. The number of nitriles is 1. The van der Waals surface area contributed by atoms with Gasteiger partial charge in [0.1, 0.15) is 0 Å². The topological polar surface area (TPSA) is 99.2 Å². The molecular weight excluding hydrogens is 378 g/mol. The van der Waals surface area contributed by atoms with Gasteiger partial charge >= 0.3 is 5.97 Å². The summed E-state index contributed by atoms with van der Waals surface area (Å²) in [6.45, 7) is 0. The molecule has 2 aromatic carbocycles. The third-order valence-corrected chi connectivity index (χ3v) is 5.73. The Labute approximate surface area is 175 Å². The minimum atomic E-state index is -0.693. The van der Waals surface area contributed by atoms with Gasteiger partial charge in [-0.1, -0.05) is 30.3 Å². The molecule has 30 heavy (non-hydrogen) atoms. The molecule has 6 heteroatoms. The van der Waals surface area contributed by atoms with Gasteiger partial charge < -0.3 is 14.8 Å². The molecule has 1 aliphatic rings. The number of oxazole rings is 1. The van der Waals surface area contributed by atoms with Gasteiger partial charge in [-0.25, -0.2) is 4.98 Å². The first kappa shape index (κ1) is 19.7. The van der Waals surface area contributed by atoms with Gasteiger partial charge in [0.2, 0.25) is 0 Å². The predicted octanol–water partition coefficient (Wildman–Crippen LogP) is 5.71. The molecule has 0 saturated heterocycles. The van der Waals surface area contributed by atoms with Crippen molar-refractivity contribution in [2.24, 2.45) is 5.92 Å². The molecule has 1 aromatic heterocycles. The molecule has 0 radical (unpaired) electrons. The summed E-state index contributed by atoms with van der Waals surface area (Å²) in [6, 6.07) is 18.0. The number of rotatable bonds is 6. The first-order valence-electron chi connectivity index (χ1n) is 10.2. The maximum Gasteiger partial charge on any atom is 0.303 e. The highest BCUT2D eigenvalue weighted by Crippen LogP contribution is 2.37. The number of carboxylic acid groups (broad SMARTS) is 1. The first-order valence-corrected chi connectivity index (χ1v) is 10.2. The zero-order chi connectivity index (χ0) is 20.9. The number of hydrogen-bond acceptors (Lipinski definition) is 5. The van der Waals surface area contributed by atoms with E-state index in [4.69, 9.17) is 14.8 Å². The van der Waals surface area contributed by atoms with Crippen molar-refractivity contribution in [3.63, 3.8) is 0 Å². The Balaban J connectivity index is 1.39. The Bertz CT molecular complexity index is 1060. The summed E-state index contributed by atoms with van der Waals surface area (Å²) in [4.78, 5) is 15.2. The number of nitrogens with zero attached hydrogens (tertiary/aromatic N) is 2. The number of nitrogens with one attached hydrogen (secondary N) is 1. The Morgan fingerprint density at radius 3 is 2.63 bits per heavy atom. The second-order valence-corrected chi connectivity index (χ2v) is 7.78. The minimum absolute atomic E-state index is 0.286. The van der Waals surface area contributed by atoms with Gasteiger partial charge in [0.15, 0.2) is 5.76 Å². The molecule has 3 aromatic rings. The van der Waals surface area contributed by atoms with E-state index in [9.17, 15) is 4.79 Å². The lowest BCUT2D eigenvalue weighted by molar-refractivity contribution is -0.138. The van der Waals surface area contributed by atoms with Gasteiger partial charge in [-0.2, -0.15) is 5.26 Å². The molecule has 0 amide bonds. The van der Waals surface area contributed by atoms with Crippen LogP contribution in [0.3, 0.4) is 0 Å². The molecule has 0 aliphatic heterocycles. The third kappa shape index (κ3) is 4.69. The van der Waals surface area contributed by atoms with Crippen LogP contribution in [0.2, 0.25) is 0 Å². The molecule has 0 spiro atoms. The standard InChI is InChI=1S/C24H23N3O3/c25-14-17-2-1-3-21(12-17)27-24-26-15-22(30-24)20-10-8-19(9-11-20)18-6-4-16(5-7-18)13-23(28)29/h1-3,8-12,15-16,18H,4-7,13H2,(H,26,27)(H,28,29). The predicted molar refractivity (Wildman–Crippen MR) is 113 cm³/mol. The molecule has 1 fully saturated rings. The van der Waals surface area contributed by atoms with E-state index in [1.165, 1.54) is 5.56 Å². The number of benzene rings is 2. The monoisotopic (exact) mass is 401 g/mol. The van der Waals surface area contributed by atoms with E-state index in [0.717, 1.165) is 36.9 Å². The van der Waals surface area contributed by atoms with E-state index >= 15 is 0 Å². The van der Waals surface area contributed by atoms with Crippen molar-refractivity contribution >= 4 is 17.7 Å². The summed E-state index contributed by atoms with van der Waals surface area (Å²) in [7, 11) is 0. The molecule has 6 nitrogen and oxygen atoms in total. The summed E-state index contributed by atoms with van der Waals surface area (Å²) < 4.78 is 5.82. The summed E-state index contributed by atoms with van der Waals surface area (Å²) in [6.07, 6.45) is 5.99. The fourth-order valence-corrected chi connectivity index (χ4v) is 4.12. The van der Waals surface area contributed by atoms with Gasteiger partial charge in [0.05, 0.1) is 17.8 Å². The van der Waals surface area contributed by atoms with Crippen molar-refractivity contribution in [1.82, 2.24) is 4.98 Å². The van der Waals surface area contributed by atoms with Gasteiger partial charge in [-0.05, 0) is 61.3 Å². The van der Waals surface area contributed by atoms with Crippen LogP contribution in [-0.4, -0.2) is 16.1 Å². The second-order valence-electron chi connectivity index (χ2n) is 7.78. The molecule has 4 rings (SSSR count). The summed E-state index contributed by atoms with van der Waals surface area (Å²) in [5.74, 6) is 0.780. The van der Waals surface area contributed by atoms with E-state index in [1.807, 2.05) is 18.2 Å². The lowest BCUT2D eigenvalue weighted by Crippen LogP contribution is -2.16. The van der Waals surface area contributed by atoms with E-state index < -0.39 is 5.97 Å². The summed E-state index contributed by atoms with van der Waals surface area (Å²) in [5, 5.41) is 21.0. The molecule has 1 saturated carbocycles. The van der Waals surface area contributed by atoms with Crippen molar-refractivity contribution in [3.8, 4) is 17.4 Å². The lowest BCUT2D eigenvalue weighted by Gasteiger charge is -2.28. The van der Waals surface area contributed by atoms with E-state index in [-0.39, 0.29) is 6.42 Å². The SMILES string of the molecule is N#Cc1cccc(Nc2ncc(-c3ccc(C4CCC(CC(=O)O)CC4)cc3)o2)c1. The lowest BCUT2D eigenvalue weighted by atomic mass is 9.77. The third-order valence-electron chi connectivity index (χ3n) is 5.73. The van der Waals surface area contributed by atoms with E-state index in [0.29, 0.717) is 29.2 Å². The smallest absolute Gasteiger partial charge is 0.303 e. The van der Waals surface area contributed by atoms with Crippen LogP contribution in [0, 0.1) is 17.2 Å². The molecular formula is C24H23N3O3. The number of carbonyl (C=O) groups is 1. The van der Waals surface area contributed by atoms with Gasteiger partial charge in [-0.15, -0.1) is 0 Å². The van der Waals surface area contributed by atoms with Crippen molar-refractivity contribution in [1.29, 1.82) is 5.26 Å². The highest BCUT2D eigenvalue weighted by atomic mass is 16.4. The van der Waals surface area contributed by atoms with Gasteiger partial charge in [0.25, 0.3) is 6.01 Å². The average molecular weight is 401 g/mol. The van der Waals surface area contributed by atoms with Crippen molar-refractivity contribution in [2.75, 3.05) is 5.32 Å². The fourth-order valence-electron chi connectivity index (χ4n) is 4.12. The van der Waals surface area contributed by atoms with Crippen LogP contribution in [0.4, 0.5) is 11.7 Å². The maximum absolute atomic E-state index is 10.9. The Kier molecular flexibility index (Phi) is 5.80. The highest BCUT2D eigenvalue weighted by Gasteiger charge is 2.24. The maximum atomic E-state index is 10.9. The largest absolute Gasteiger partial charge is 0.481 e. The summed E-state index contributed by atoms with van der Waals surface area (Å²) in [5.41, 5.74) is 3.55. The molecule has 0 bridgehead atoms. The second kappa shape index (κ2) is 8.83. The van der Waals surface area contributed by atoms with Crippen LogP contribution >= 0.6 is 0 Å². The number of aromatic nitrogens is 1. The molecule has 2 N–H and O–H groups in total. The van der Waals surface area contributed by atoms with E-state index in [2.05, 4.69) is 28.5 Å². The van der Waals surface area contributed by atoms with Crippen molar-refractivity contribution in [3.05, 3.63) is 65.9 Å². The molecule has 1 aliphatic carbocycles. The molecule has 1 heterocycles. The van der Waals surface area contributed by atoms with Crippen LogP contribution in [0.1, 0.15) is 49.1 Å². The number of anilines is 2. The average Bonchev–Trinajstić information content (AvgIpc) is 3.22. The Morgan fingerprint density at radius 2 is 1.93 bits per heavy atom.